The summed E-state index contributed by atoms with van der Waals surface area (Å²) >= 11 is 12.0. The maximum Gasteiger partial charge on any atom is 0.0762 e. The molecule has 0 aliphatic heterocycles. The van der Waals surface area contributed by atoms with E-state index in [-0.39, 0.29) is 0 Å². The Kier molecular flexibility index (Phi) is 6.09. The summed E-state index contributed by atoms with van der Waals surface area (Å²) < 4.78 is 2.02. The van der Waals surface area contributed by atoms with Crippen molar-refractivity contribution in [2.24, 2.45) is 0 Å². The lowest BCUT2D eigenvalue weighted by molar-refractivity contribution is 0.471. The van der Waals surface area contributed by atoms with E-state index in [1.165, 1.54) is 0 Å². The van der Waals surface area contributed by atoms with Crippen LogP contribution in [0.3, 0.4) is 0 Å². The van der Waals surface area contributed by atoms with E-state index in [4.69, 9.17) is 23.2 Å². The fourth-order valence-electron chi connectivity index (χ4n) is 2.07. The summed E-state index contributed by atoms with van der Waals surface area (Å²) in [6, 6.07) is 8.15. The van der Waals surface area contributed by atoms with E-state index in [0.29, 0.717) is 11.1 Å². The van der Waals surface area contributed by atoms with Gasteiger partial charge in [0.15, 0.2) is 0 Å². The lowest BCUT2D eigenvalue weighted by Crippen LogP contribution is -2.17. The van der Waals surface area contributed by atoms with Crippen LogP contribution < -0.4 is 5.32 Å². The molecule has 5 heteroatoms. The molecule has 0 saturated carbocycles. The number of hydrogen-bond acceptors (Lipinski definition) is 2. The minimum Gasteiger partial charge on any atom is -0.311 e. The fourth-order valence-corrected chi connectivity index (χ4v) is 2.57. The average Bonchev–Trinajstić information content (AvgIpc) is 2.93. The zero-order valence-corrected chi connectivity index (χ0v) is 14.0. The molecular weight excluding hydrogens is 305 g/mol. The first kappa shape index (κ1) is 16.3. The van der Waals surface area contributed by atoms with E-state index < -0.39 is 0 Å². The zero-order chi connectivity index (χ0) is 15.2. The Morgan fingerprint density at radius 1 is 1.29 bits per heavy atom. The second kappa shape index (κ2) is 7.83. The third-order valence-electron chi connectivity index (χ3n) is 3.60. The number of halogens is 2. The van der Waals surface area contributed by atoms with Crippen LogP contribution in [0.2, 0.25) is 10.0 Å². The fraction of sp³-hybridized carbons (Fsp3) is 0.438. The molecule has 0 bridgehead atoms. The molecule has 1 heterocycles. The summed E-state index contributed by atoms with van der Waals surface area (Å²) in [6.07, 6.45) is 4.01. The first-order chi connectivity index (χ1) is 10.1. The summed E-state index contributed by atoms with van der Waals surface area (Å²) in [4.78, 5) is 0. The van der Waals surface area contributed by atoms with Crippen molar-refractivity contribution in [3.63, 3.8) is 0 Å². The largest absolute Gasteiger partial charge is 0.311 e. The molecule has 21 heavy (non-hydrogen) atoms. The summed E-state index contributed by atoms with van der Waals surface area (Å²) in [5.74, 6) is 0. The van der Waals surface area contributed by atoms with Crippen molar-refractivity contribution in [1.29, 1.82) is 0 Å². The topological polar surface area (TPSA) is 29.9 Å². The van der Waals surface area contributed by atoms with E-state index >= 15 is 0 Å². The number of benzene rings is 1. The molecule has 114 valence electrons. The molecule has 1 aromatic heterocycles. The van der Waals surface area contributed by atoms with Crippen LogP contribution in [0.4, 0.5) is 0 Å². The van der Waals surface area contributed by atoms with Crippen molar-refractivity contribution < 1.29 is 0 Å². The van der Waals surface area contributed by atoms with E-state index in [1.54, 1.807) is 6.07 Å². The Balaban J connectivity index is 1.78. The molecule has 0 aliphatic rings. The first-order valence-corrected chi connectivity index (χ1v) is 8.04. The van der Waals surface area contributed by atoms with Gasteiger partial charge in [-0.05, 0) is 50.1 Å². The lowest BCUT2D eigenvalue weighted by Gasteiger charge is -2.08. The SMILES string of the molecule is CCC(C)n1ccc(CNCCc2ccc(Cl)cc2Cl)n1. The van der Waals surface area contributed by atoms with Gasteiger partial charge in [0.1, 0.15) is 0 Å². The second-order valence-electron chi connectivity index (χ2n) is 5.21. The average molecular weight is 326 g/mol. The van der Waals surface area contributed by atoms with E-state index in [0.717, 1.165) is 42.2 Å². The second-order valence-corrected chi connectivity index (χ2v) is 6.05. The van der Waals surface area contributed by atoms with Crippen LogP contribution >= 0.6 is 23.2 Å². The highest BCUT2D eigenvalue weighted by atomic mass is 35.5. The monoisotopic (exact) mass is 325 g/mol. The predicted molar refractivity (Wildman–Crippen MR) is 89.1 cm³/mol. The van der Waals surface area contributed by atoms with Crippen molar-refractivity contribution in [3.05, 3.63) is 51.8 Å². The molecule has 2 rings (SSSR count). The number of hydrogen-bond donors (Lipinski definition) is 1. The Morgan fingerprint density at radius 2 is 2.10 bits per heavy atom. The summed E-state index contributed by atoms with van der Waals surface area (Å²) in [5, 5.41) is 9.36. The minimum atomic E-state index is 0.451. The van der Waals surface area contributed by atoms with Crippen LogP contribution in [0.25, 0.3) is 0 Å². The van der Waals surface area contributed by atoms with Crippen molar-refractivity contribution in [2.45, 2.75) is 39.3 Å². The smallest absolute Gasteiger partial charge is 0.0762 e. The normalized spacial score (nSPS) is 12.6. The van der Waals surface area contributed by atoms with E-state index in [1.807, 2.05) is 23.0 Å². The lowest BCUT2D eigenvalue weighted by atomic mass is 10.1. The highest BCUT2D eigenvalue weighted by Crippen LogP contribution is 2.21. The molecule has 0 aliphatic carbocycles. The third kappa shape index (κ3) is 4.73. The highest BCUT2D eigenvalue weighted by molar-refractivity contribution is 6.35. The van der Waals surface area contributed by atoms with Gasteiger partial charge in [-0.15, -0.1) is 0 Å². The maximum atomic E-state index is 6.15. The molecule has 0 radical (unpaired) electrons. The number of nitrogens with one attached hydrogen (secondary N) is 1. The first-order valence-electron chi connectivity index (χ1n) is 7.28. The number of rotatable bonds is 7. The molecule has 0 saturated heterocycles. The van der Waals surface area contributed by atoms with E-state index in [9.17, 15) is 0 Å². The van der Waals surface area contributed by atoms with Gasteiger partial charge in [0.25, 0.3) is 0 Å². The minimum absolute atomic E-state index is 0.451. The van der Waals surface area contributed by atoms with E-state index in [2.05, 4.69) is 30.3 Å². The Labute approximate surface area is 136 Å². The zero-order valence-electron chi connectivity index (χ0n) is 12.4. The van der Waals surface area contributed by atoms with Crippen LogP contribution in [-0.4, -0.2) is 16.3 Å². The van der Waals surface area contributed by atoms with Gasteiger partial charge in [-0.3, -0.25) is 4.68 Å². The van der Waals surface area contributed by atoms with Crippen LogP contribution in [-0.2, 0) is 13.0 Å². The van der Waals surface area contributed by atoms with Gasteiger partial charge in [0.05, 0.1) is 5.69 Å². The van der Waals surface area contributed by atoms with Crippen molar-refractivity contribution in [1.82, 2.24) is 15.1 Å². The predicted octanol–water partition coefficient (Wildman–Crippen LogP) is 4.49. The van der Waals surface area contributed by atoms with Gasteiger partial charge in [0.2, 0.25) is 0 Å². The Morgan fingerprint density at radius 3 is 2.81 bits per heavy atom. The van der Waals surface area contributed by atoms with Crippen molar-refractivity contribution in [2.75, 3.05) is 6.54 Å². The van der Waals surface area contributed by atoms with Crippen LogP contribution in [0, 0.1) is 0 Å². The molecule has 0 fully saturated rings. The Hall–Kier alpha value is -1.03. The number of nitrogens with zero attached hydrogens (tertiary/aromatic N) is 2. The molecule has 1 aromatic carbocycles. The molecule has 1 unspecified atom stereocenters. The molecular formula is C16H21Cl2N3. The molecule has 1 N–H and O–H groups in total. The summed E-state index contributed by atoms with van der Waals surface area (Å²) in [6.45, 7) is 5.97. The number of aromatic nitrogens is 2. The van der Waals surface area contributed by atoms with Gasteiger partial charge in [0, 0.05) is 28.8 Å². The van der Waals surface area contributed by atoms with Gasteiger partial charge >= 0.3 is 0 Å². The quantitative estimate of drug-likeness (QED) is 0.760. The van der Waals surface area contributed by atoms with Gasteiger partial charge < -0.3 is 5.32 Å². The molecule has 2 aromatic rings. The molecule has 1 atom stereocenters. The van der Waals surface area contributed by atoms with Gasteiger partial charge in [-0.2, -0.15) is 5.10 Å². The van der Waals surface area contributed by atoms with Crippen LogP contribution in [0.1, 0.15) is 37.6 Å². The Bertz CT molecular complexity index is 581. The van der Waals surface area contributed by atoms with Crippen LogP contribution in [0.5, 0.6) is 0 Å². The molecule has 0 spiro atoms. The molecule has 3 nitrogen and oxygen atoms in total. The van der Waals surface area contributed by atoms with Crippen LogP contribution in [0.15, 0.2) is 30.5 Å². The van der Waals surface area contributed by atoms with Crippen molar-refractivity contribution >= 4 is 23.2 Å². The third-order valence-corrected chi connectivity index (χ3v) is 4.19. The molecule has 0 amide bonds. The summed E-state index contributed by atoms with van der Waals surface area (Å²) in [7, 11) is 0. The summed E-state index contributed by atoms with van der Waals surface area (Å²) in [5.41, 5.74) is 2.18. The highest BCUT2D eigenvalue weighted by Gasteiger charge is 2.05. The van der Waals surface area contributed by atoms with Crippen molar-refractivity contribution in [3.8, 4) is 0 Å². The van der Waals surface area contributed by atoms with Gasteiger partial charge in [-0.25, -0.2) is 0 Å². The maximum absolute atomic E-state index is 6.15. The standard InChI is InChI=1S/C16H21Cl2N3/c1-3-12(2)21-9-7-15(20-21)11-19-8-6-13-4-5-14(17)10-16(13)18/h4-5,7,9-10,12,19H,3,6,8,11H2,1-2H3. The van der Waals surface area contributed by atoms with Gasteiger partial charge in [-0.1, -0.05) is 36.2 Å².